The van der Waals surface area contributed by atoms with E-state index in [1.165, 1.54) is 5.19 Å². The number of methoxy groups -OCH3 is 1. The standard InChI is InChI=1S/C39H48N4O6Si/c1-26-37(50(3,4)31-17-15-30(48-2)16-18-31)34(22-35(45)41-20-7-8-29(41)25-44)49-39(26)32-9-5-6-10-33(32)43(38(39)47)24-27-11-13-28(14-12-27)42-21-19-40-23-36(42)46/h5-6,9-18,26,29,34,37,40,44H,7-8,19-25H2,1-4H3/t26-,29-,34+,37-,39+/m0/s1. The molecule has 2 N–H and O–H groups in total. The Kier molecular flexibility index (Phi) is 9.36. The van der Waals surface area contributed by atoms with Crippen LogP contribution < -0.4 is 25.0 Å². The van der Waals surface area contributed by atoms with Gasteiger partial charge in [-0.1, -0.05) is 67.7 Å². The molecule has 3 aromatic rings. The van der Waals surface area contributed by atoms with Crippen LogP contribution in [-0.4, -0.2) is 87.8 Å². The van der Waals surface area contributed by atoms with E-state index in [-0.39, 0.29) is 48.3 Å². The van der Waals surface area contributed by atoms with E-state index in [4.69, 9.17) is 9.47 Å². The normalized spacial score (nSPS) is 26.6. The van der Waals surface area contributed by atoms with Crippen LogP contribution in [0.4, 0.5) is 11.4 Å². The highest BCUT2D eigenvalue weighted by Crippen LogP contribution is 2.60. The van der Waals surface area contributed by atoms with Crippen molar-refractivity contribution in [3.05, 3.63) is 83.9 Å². The van der Waals surface area contributed by atoms with Gasteiger partial charge in [-0.05, 0) is 54.3 Å². The molecule has 3 saturated heterocycles. The molecule has 4 aliphatic heterocycles. The molecule has 4 heterocycles. The zero-order chi connectivity index (χ0) is 35.2. The first-order valence-corrected chi connectivity index (χ1v) is 20.9. The minimum absolute atomic E-state index is 0.0287. The second-order valence-electron chi connectivity index (χ2n) is 14.7. The Morgan fingerprint density at radius 2 is 1.78 bits per heavy atom. The van der Waals surface area contributed by atoms with E-state index in [9.17, 15) is 14.7 Å². The Hall–Kier alpha value is -4.03. The van der Waals surface area contributed by atoms with Crippen LogP contribution in [0.2, 0.25) is 18.6 Å². The molecule has 3 amide bonds. The van der Waals surface area contributed by atoms with Crippen molar-refractivity contribution in [1.82, 2.24) is 10.2 Å². The molecule has 0 bridgehead atoms. The number of para-hydroxylation sites is 1. The number of amides is 3. The lowest BCUT2D eigenvalue weighted by molar-refractivity contribution is -0.150. The monoisotopic (exact) mass is 696 g/mol. The van der Waals surface area contributed by atoms with E-state index in [1.54, 1.807) is 12.0 Å². The van der Waals surface area contributed by atoms with Crippen molar-refractivity contribution in [2.75, 3.05) is 49.7 Å². The molecular weight excluding hydrogens is 649 g/mol. The molecule has 0 radical (unpaired) electrons. The summed E-state index contributed by atoms with van der Waals surface area (Å²) in [5.74, 6) is 0.461. The first-order valence-electron chi connectivity index (χ1n) is 17.8. The number of carbonyl (C=O) groups excluding carboxylic acids is 3. The van der Waals surface area contributed by atoms with Gasteiger partial charge in [0.1, 0.15) is 5.75 Å². The number of hydrogen-bond donors (Lipinski definition) is 2. The molecular formula is C39H48N4O6Si. The number of fused-ring (bicyclic) bond motifs is 2. The van der Waals surface area contributed by atoms with Crippen LogP contribution in [0.25, 0.3) is 0 Å². The smallest absolute Gasteiger partial charge is 0.264 e. The Labute approximate surface area is 295 Å². The average molecular weight is 697 g/mol. The minimum atomic E-state index is -2.42. The van der Waals surface area contributed by atoms with Crippen LogP contribution in [0, 0.1) is 5.92 Å². The van der Waals surface area contributed by atoms with Crippen molar-refractivity contribution < 1.29 is 29.0 Å². The highest BCUT2D eigenvalue weighted by Gasteiger charge is 2.66. The quantitative estimate of drug-likeness (QED) is 0.328. The molecule has 7 rings (SSSR count). The fraction of sp³-hybridized carbons (Fsp3) is 0.462. The maximum absolute atomic E-state index is 15.0. The highest BCUT2D eigenvalue weighted by atomic mass is 28.3. The molecule has 0 aliphatic carbocycles. The van der Waals surface area contributed by atoms with Crippen LogP contribution >= 0.6 is 0 Å². The predicted octanol–water partition coefficient (Wildman–Crippen LogP) is 3.77. The summed E-state index contributed by atoms with van der Waals surface area (Å²) in [7, 11) is -0.760. The molecule has 0 unspecified atom stereocenters. The van der Waals surface area contributed by atoms with Gasteiger partial charge in [0.15, 0.2) is 5.60 Å². The summed E-state index contributed by atoms with van der Waals surface area (Å²) >= 11 is 0. The van der Waals surface area contributed by atoms with Crippen molar-refractivity contribution in [2.45, 2.75) is 69.1 Å². The van der Waals surface area contributed by atoms with Gasteiger partial charge in [-0.2, -0.15) is 0 Å². The molecule has 0 saturated carbocycles. The molecule has 0 aromatic heterocycles. The molecule has 4 aliphatic rings. The average Bonchev–Trinajstić information content (AvgIpc) is 3.79. The van der Waals surface area contributed by atoms with Crippen LogP contribution in [-0.2, 0) is 31.3 Å². The third-order valence-corrected chi connectivity index (χ3v) is 16.1. The van der Waals surface area contributed by atoms with E-state index in [0.29, 0.717) is 26.2 Å². The molecule has 1 spiro atoms. The van der Waals surface area contributed by atoms with Gasteiger partial charge in [0.05, 0.1) is 59.1 Å². The maximum Gasteiger partial charge on any atom is 0.264 e. The van der Waals surface area contributed by atoms with Gasteiger partial charge in [-0.15, -0.1) is 0 Å². The van der Waals surface area contributed by atoms with Crippen molar-refractivity contribution in [2.24, 2.45) is 5.92 Å². The van der Waals surface area contributed by atoms with Crippen molar-refractivity contribution >= 4 is 42.4 Å². The van der Waals surface area contributed by atoms with Crippen LogP contribution in [0.1, 0.15) is 37.3 Å². The number of benzene rings is 3. The van der Waals surface area contributed by atoms with Gasteiger partial charge in [-0.3, -0.25) is 14.4 Å². The van der Waals surface area contributed by atoms with Crippen LogP contribution in [0.3, 0.4) is 0 Å². The van der Waals surface area contributed by atoms with Gasteiger partial charge >= 0.3 is 0 Å². The third-order valence-electron chi connectivity index (χ3n) is 11.7. The van der Waals surface area contributed by atoms with Crippen molar-refractivity contribution in [3.8, 4) is 5.75 Å². The van der Waals surface area contributed by atoms with Crippen molar-refractivity contribution in [3.63, 3.8) is 0 Å². The first kappa shape index (κ1) is 34.4. The summed E-state index contributed by atoms with van der Waals surface area (Å²) in [6, 6.07) is 23.8. The molecule has 11 heteroatoms. The summed E-state index contributed by atoms with van der Waals surface area (Å²) in [6.45, 7) is 9.38. The second-order valence-corrected chi connectivity index (χ2v) is 19.4. The summed E-state index contributed by atoms with van der Waals surface area (Å²) in [6.07, 6.45) is 1.32. The Morgan fingerprint density at radius 1 is 1.04 bits per heavy atom. The number of nitrogens with one attached hydrogen (secondary N) is 1. The topological polar surface area (TPSA) is 112 Å². The van der Waals surface area contributed by atoms with E-state index >= 15 is 4.79 Å². The van der Waals surface area contributed by atoms with Gasteiger partial charge in [0.2, 0.25) is 11.8 Å². The number of piperazine rings is 1. The molecule has 264 valence electrons. The number of aliphatic hydroxyl groups is 1. The molecule has 3 fully saturated rings. The first-order chi connectivity index (χ1) is 24.1. The zero-order valence-corrected chi connectivity index (χ0v) is 30.4. The fourth-order valence-corrected chi connectivity index (χ4v) is 13.1. The fourth-order valence-electron chi connectivity index (χ4n) is 9.11. The number of likely N-dealkylation sites (tertiary alicyclic amines) is 1. The van der Waals surface area contributed by atoms with E-state index in [2.05, 4.69) is 37.5 Å². The van der Waals surface area contributed by atoms with Crippen LogP contribution in [0.5, 0.6) is 5.75 Å². The minimum Gasteiger partial charge on any atom is -0.497 e. The lowest BCUT2D eigenvalue weighted by Gasteiger charge is -2.37. The number of nitrogens with zero attached hydrogens (tertiary/aromatic N) is 3. The molecule has 10 nitrogen and oxygen atoms in total. The maximum atomic E-state index is 15.0. The van der Waals surface area contributed by atoms with Gasteiger partial charge < -0.3 is 34.6 Å². The SMILES string of the molecule is COc1ccc([Si](C)(C)[C@@H]2[C@@H](CC(=O)N3CCC[C@H]3CO)O[C@]3(C(=O)N(Cc4ccc(N5CCNCC5=O)cc4)c4ccccc43)[C@H]2C)cc1. The zero-order valence-electron chi connectivity index (χ0n) is 29.4. The van der Waals surface area contributed by atoms with Gasteiger partial charge in [0, 0.05) is 36.8 Å². The summed E-state index contributed by atoms with van der Waals surface area (Å²) in [4.78, 5) is 47.0. The molecule has 3 aromatic carbocycles. The van der Waals surface area contributed by atoms with Gasteiger partial charge in [-0.25, -0.2) is 0 Å². The van der Waals surface area contributed by atoms with E-state index < -0.39 is 19.8 Å². The van der Waals surface area contributed by atoms with E-state index in [1.807, 2.05) is 70.5 Å². The summed E-state index contributed by atoms with van der Waals surface area (Å²) < 4.78 is 12.6. The van der Waals surface area contributed by atoms with Gasteiger partial charge in [0.25, 0.3) is 5.91 Å². The number of carbonyl (C=O) groups is 3. The number of aliphatic hydroxyl groups excluding tert-OH is 1. The number of hydrogen-bond acceptors (Lipinski definition) is 7. The lowest BCUT2D eigenvalue weighted by Crippen LogP contribution is -2.52. The predicted molar refractivity (Wildman–Crippen MR) is 195 cm³/mol. The lowest BCUT2D eigenvalue weighted by atomic mass is 9.82. The Balaban J connectivity index is 1.24. The summed E-state index contributed by atoms with van der Waals surface area (Å²) in [5.41, 5.74) is 2.14. The second kappa shape index (κ2) is 13.6. The van der Waals surface area contributed by atoms with Crippen LogP contribution in [0.15, 0.2) is 72.8 Å². The van der Waals surface area contributed by atoms with Crippen molar-refractivity contribution in [1.29, 1.82) is 0 Å². The number of rotatable bonds is 9. The molecule has 5 atom stereocenters. The Bertz CT molecular complexity index is 1750. The summed E-state index contributed by atoms with van der Waals surface area (Å²) in [5, 5.41) is 14.3. The number of ether oxygens (including phenoxy) is 2. The van der Waals surface area contributed by atoms with E-state index in [0.717, 1.165) is 47.6 Å². The third kappa shape index (κ3) is 5.74. The highest BCUT2D eigenvalue weighted by molar-refractivity contribution is 6.91. The molecule has 50 heavy (non-hydrogen) atoms. The number of anilines is 2. The Morgan fingerprint density at radius 3 is 2.48 bits per heavy atom. The largest absolute Gasteiger partial charge is 0.497 e.